The van der Waals surface area contributed by atoms with Crippen LogP contribution in [0.25, 0.3) is 0 Å². The van der Waals surface area contributed by atoms with Gasteiger partial charge in [0.25, 0.3) is 0 Å². The number of nitrogens with zero attached hydrogens (tertiary/aromatic N) is 2. The van der Waals surface area contributed by atoms with E-state index < -0.39 is 6.89 Å². The van der Waals surface area contributed by atoms with Gasteiger partial charge >= 0.3 is 0 Å². The van der Waals surface area contributed by atoms with Crippen LogP contribution in [0.1, 0.15) is 0 Å². The van der Waals surface area contributed by atoms with Gasteiger partial charge in [0.05, 0.1) is 6.54 Å². The molecular formula is C26H29N2OP. The highest BCUT2D eigenvalue weighted by atomic mass is 31.2. The second-order valence-corrected chi connectivity index (χ2v) is 11.2. The molecule has 0 unspecified atom stereocenters. The Bertz CT molecular complexity index is 907. The Morgan fingerprint density at radius 2 is 1.13 bits per heavy atom. The van der Waals surface area contributed by atoms with Crippen molar-refractivity contribution in [2.45, 2.75) is 0 Å². The second-order valence-electron chi connectivity index (χ2n) is 7.90. The van der Waals surface area contributed by atoms with Crippen LogP contribution in [-0.2, 0) is 4.79 Å². The molecular weight excluding hydrogens is 387 g/mol. The number of ketones is 1. The van der Waals surface area contributed by atoms with Gasteiger partial charge in [-0.1, -0.05) is 91.0 Å². The fourth-order valence-electron chi connectivity index (χ4n) is 4.14. The van der Waals surface area contributed by atoms with Gasteiger partial charge in [-0.05, 0) is 35.6 Å². The van der Waals surface area contributed by atoms with E-state index in [4.69, 9.17) is 0 Å². The quantitative estimate of drug-likeness (QED) is 0.577. The maximum Gasteiger partial charge on any atom is 0.170 e. The predicted molar refractivity (Wildman–Crippen MR) is 130 cm³/mol. The standard InChI is InChI=1S/C26H29N2OP/c1-27-17-19-28(20-18-27)21-23(29)22-30(24-11-5-2-6-12-24,25-13-7-3-8-14-25)26-15-9-4-10-16-26/h2-16,22H,17-21H2,1H3. The van der Waals surface area contributed by atoms with E-state index in [2.05, 4.69) is 95.4 Å². The van der Waals surface area contributed by atoms with Crippen LogP contribution in [0.3, 0.4) is 0 Å². The van der Waals surface area contributed by atoms with E-state index in [1.807, 2.05) is 18.2 Å². The van der Waals surface area contributed by atoms with Crippen molar-refractivity contribution in [2.24, 2.45) is 0 Å². The molecule has 30 heavy (non-hydrogen) atoms. The predicted octanol–water partition coefficient (Wildman–Crippen LogP) is 2.60. The van der Waals surface area contributed by atoms with E-state index in [-0.39, 0.29) is 5.78 Å². The van der Waals surface area contributed by atoms with Crippen LogP contribution in [0.4, 0.5) is 0 Å². The fourth-order valence-corrected chi connectivity index (χ4v) is 7.93. The molecule has 0 radical (unpaired) electrons. The number of carbonyl (C=O) groups excluding carboxylic acids is 1. The van der Waals surface area contributed by atoms with Gasteiger partial charge in [-0.15, -0.1) is 0 Å². The molecule has 1 fully saturated rings. The summed E-state index contributed by atoms with van der Waals surface area (Å²) < 4.78 is 0. The minimum atomic E-state index is -2.20. The van der Waals surface area contributed by atoms with E-state index in [1.165, 1.54) is 15.9 Å². The fraction of sp³-hybridized carbons (Fsp3) is 0.231. The topological polar surface area (TPSA) is 23.6 Å². The molecule has 3 aromatic rings. The highest BCUT2D eigenvalue weighted by molar-refractivity contribution is 7.95. The summed E-state index contributed by atoms with van der Waals surface area (Å²) in [6.45, 7) is 2.22. The van der Waals surface area contributed by atoms with Gasteiger partial charge in [0.1, 0.15) is 0 Å². The van der Waals surface area contributed by atoms with Crippen molar-refractivity contribution in [3.05, 3.63) is 91.0 Å². The van der Waals surface area contributed by atoms with Crippen molar-refractivity contribution in [1.82, 2.24) is 9.80 Å². The Balaban J connectivity index is 1.84. The summed E-state index contributed by atoms with van der Waals surface area (Å²) in [6, 6.07) is 31.6. The van der Waals surface area contributed by atoms with Crippen LogP contribution in [0.15, 0.2) is 91.0 Å². The number of hydrogen-bond acceptors (Lipinski definition) is 3. The Morgan fingerprint density at radius 3 is 1.53 bits per heavy atom. The molecule has 3 aromatic carbocycles. The largest absolute Gasteiger partial charge is 0.304 e. The van der Waals surface area contributed by atoms with Crippen molar-refractivity contribution in [2.75, 3.05) is 39.8 Å². The Hall–Kier alpha value is -2.45. The first kappa shape index (κ1) is 20.8. The van der Waals surface area contributed by atoms with Gasteiger partial charge < -0.3 is 4.90 Å². The number of rotatable bonds is 6. The Kier molecular flexibility index (Phi) is 6.64. The summed E-state index contributed by atoms with van der Waals surface area (Å²) >= 11 is 0. The van der Waals surface area contributed by atoms with Crippen molar-refractivity contribution in [3.63, 3.8) is 0 Å². The molecule has 0 amide bonds. The van der Waals surface area contributed by atoms with E-state index in [0.29, 0.717) is 6.54 Å². The summed E-state index contributed by atoms with van der Waals surface area (Å²) in [6.07, 6.45) is 0. The van der Waals surface area contributed by atoms with Crippen molar-refractivity contribution in [3.8, 4) is 0 Å². The molecule has 0 spiro atoms. The molecule has 3 nitrogen and oxygen atoms in total. The Morgan fingerprint density at radius 1 is 0.733 bits per heavy atom. The Labute approximate surface area is 179 Å². The van der Waals surface area contributed by atoms with Crippen LogP contribution < -0.4 is 15.9 Å². The van der Waals surface area contributed by atoms with Gasteiger partial charge in [0.15, 0.2) is 5.78 Å². The number of benzene rings is 3. The molecule has 0 saturated carbocycles. The van der Waals surface area contributed by atoms with Crippen LogP contribution in [0, 0.1) is 0 Å². The number of piperazine rings is 1. The first-order valence-corrected chi connectivity index (χ1v) is 12.4. The second kappa shape index (κ2) is 9.57. The lowest BCUT2D eigenvalue weighted by Gasteiger charge is -2.32. The third-order valence-electron chi connectivity index (χ3n) is 5.80. The zero-order valence-corrected chi connectivity index (χ0v) is 18.4. The highest BCUT2D eigenvalue weighted by Gasteiger charge is 2.27. The summed E-state index contributed by atoms with van der Waals surface area (Å²) in [5, 5.41) is 3.65. The molecule has 0 aromatic heterocycles. The monoisotopic (exact) mass is 416 g/mol. The minimum Gasteiger partial charge on any atom is -0.304 e. The average Bonchev–Trinajstić information content (AvgIpc) is 2.81. The highest BCUT2D eigenvalue weighted by Crippen LogP contribution is 2.43. The van der Waals surface area contributed by atoms with E-state index in [9.17, 15) is 4.79 Å². The molecule has 1 heterocycles. The van der Waals surface area contributed by atoms with Gasteiger partial charge in [-0.2, -0.15) is 0 Å². The van der Waals surface area contributed by atoms with E-state index in [0.717, 1.165) is 26.2 Å². The molecule has 0 bridgehead atoms. The summed E-state index contributed by atoms with van der Waals surface area (Å²) in [5.41, 5.74) is 0. The summed E-state index contributed by atoms with van der Waals surface area (Å²) in [7, 11) is 2.14. The first-order chi connectivity index (χ1) is 14.7. The molecule has 4 heteroatoms. The van der Waals surface area contributed by atoms with Gasteiger partial charge in [-0.25, -0.2) is 0 Å². The van der Waals surface area contributed by atoms with Gasteiger partial charge in [-0.3, -0.25) is 9.69 Å². The number of carbonyl (C=O) groups is 1. The average molecular weight is 417 g/mol. The lowest BCUT2D eigenvalue weighted by molar-refractivity contribution is -0.113. The minimum absolute atomic E-state index is 0.212. The van der Waals surface area contributed by atoms with Crippen molar-refractivity contribution >= 4 is 34.4 Å². The normalized spacial score (nSPS) is 15.6. The van der Waals surface area contributed by atoms with Crippen LogP contribution in [-0.4, -0.2) is 61.2 Å². The molecule has 4 rings (SSSR count). The molecule has 154 valence electrons. The van der Waals surface area contributed by atoms with Crippen molar-refractivity contribution in [1.29, 1.82) is 0 Å². The van der Waals surface area contributed by atoms with Gasteiger partial charge in [0, 0.05) is 26.2 Å². The number of hydrogen-bond donors (Lipinski definition) is 0. The van der Waals surface area contributed by atoms with E-state index in [1.54, 1.807) is 0 Å². The van der Waals surface area contributed by atoms with Crippen molar-refractivity contribution < 1.29 is 4.79 Å². The molecule has 1 saturated heterocycles. The maximum absolute atomic E-state index is 13.4. The van der Waals surface area contributed by atoms with Crippen LogP contribution in [0.2, 0.25) is 0 Å². The van der Waals surface area contributed by atoms with Crippen LogP contribution in [0.5, 0.6) is 0 Å². The molecule has 0 N–H and O–H groups in total. The SMILES string of the molecule is CN1CCN(CC(=O)C=P(c2ccccc2)(c2ccccc2)c2ccccc2)CC1. The molecule has 0 atom stereocenters. The van der Waals surface area contributed by atoms with Crippen LogP contribution >= 0.6 is 6.89 Å². The zero-order chi connectivity index (χ0) is 20.8. The summed E-state index contributed by atoms with van der Waals surface area (Å²) in [4.78, 5) is 18.1. The lowest BCUT2D eigenvalue weighted by Crippen LogP contribution is -2.46. The molecule has 1 aliphatic heterocycles. The molecule has 0 aliphatic carbocycles. The third-order valence-corrected chi connectivity index (χ3v) is 9.82. The lowest BCUT2D eigenvalue weighted by atomic mass is 10.3. The van der Waals surface area contributed by atoms with E-state index >= 15 is 0 Å². The molecule has 1 aliphatic rings. The third kappa shape index (κ3) is 4.49. The zero-order valence-electron chi connectivity index (χ0n) is 17.5. The maximum atomic E-state index is 13.4. The smallest absolute Gasteiger partial charge is 0.170 e. The van der Waals surface area contributed by atoms with Gasteiger partial charge in [0.2, 0.25) is 0 Å². The first-order valence-electron chi connectivity index (χ1n) is 10.5. The summed E-state index contributed by atoms with van der Waals surface area (Å²) in [5.74, 6) is 2.27. The number of likely N-dealkylation sites (N-methyl/N-ethyl adjacent to an activating group) is 1. The number of Topliss-reactive ketones (excluding diaryl/α,β-unsaturated/α-hetero) is 1.